The number of hydrogen-bond donors (Lipinski definition) is 2. The molecule has 15 heavy (non-hydrogen) atoms. The molecule has 0 amide bonds. The molecule has 0 unspecified atom stereocenters. The molecular formula is C11H15ClN2S. The minimum atomic E-state index is 0.379. The van der Waals surface area contributed by atoms with Crippen LogP contribution in [0.3, 0.4) is 0 Å². The summed E-state index contributed by atoms with van der Waals surface area (Å²) in [4.78, 5) is 0. The van der Waals surface area contributed by atoms with Gasteiger partial charge in [-0.1, -0.05) is 24.6 Å². The highest BCUT2D eigenvalue weighted by Gasteiger charge is 2.01. The van der Waals surface area contributed by atoms with Crippen LogP contribution in [0.5, 0.6) is 0 Å². The van der Waals surface area contributed by atoms with E-state index in [1.807, 2.05) is 24.3 Å². The first-order valence-electron chi connectivity index (χ1n) is 4.95. The van der Waals surface area contributed by atoms with Crippen molar-refractivity contribution in [2.24, 2.45) is 0 Å². The number of benzene rings is 1. The maximum Gasteiger partial charge on any atom is 0.170 e. The summed E-state index contributed by atoms with van der Waals surface area (Å²) >= 11 is 11.0. The van der Waals surface area contributed by atoms with E-state index in [0.717, 1.165) is 12.1 Å². The van der Waals surface area contributed by atoms with E-state index in [2.05, 4.69) is 24.5 Å². The van der Waals surface area contributed by atoms with Gasteiger partial charge in [0, 0.05) is 16.8 Å². The van der Waals surface area contributed by atoms with Crippen molar-refractivity contribution in [1.82, 2.24) is 5.32 Å². The molecule has 0 aliphatic carbocycles. The first kappa shape index (κ1) is 12.3. The van der Waals surface area contributed by atoms with E-state index >= 15 is 0 Å². The first-order chi connectivity index (χ1) is 7.11. The number of hydrogen-bond acceptors (Lipinski definition) is 1. The highest BCUT2D eigenvalue weighted by molar-refractivity contribution is 7.80. The Morgan fingerprint density at radius 1 is 1.53 bits per heavy atom. The van der Waals surface area contributed by atoms with Crippen LogP contribution in [0.2, 0.25) is 5.02 Å². The molecule has 4 heteroatoms. The first-order valence-corrected chi connectivity index (χ1v) is 5.73. The summed E-state index contributed by atoms with van der Waals surface area (Å²) in [5.74, 6) is 0. The van der Waals surface area contributed by atoms with Crippen LogP contribution in [-0.4, -0.2) is 11.2 Å². The van der Waals surface area contributed by atoms with E-state index in [9.17, 15) is 0 Å². The third kappa shape index (κ3) is 4.49. The van der Waals surface area contributed by atoms with Crippen molar-refractivity contribution >= 4 is 34.6 Å². The number of thiocarbonyl (C=S) groups is 1. The maximum absolute atomic E-state index is 5.86. The predicted octanol–water partition coefficient (Wildman–Crippen LogP) is 3.42. The molecular weight excluding hydrogens is 228 g/mol. The Hall–Kier alpha value is -0.800. The van der Waals surface area contributed by atoms with Gasteiger partial charge in [-0.15, -0.1) is 0 Å². The predicted molar refractivity (Wildman–Crippen MR) is 70.6 cm³/mol. The Bertz CT molecular complexity index is 341. The fourth-order valence-electron chi connectivity index (χ4n) is 1.06. The van der Waals surface area contributed by atoms with Crippen molar-refractivity contribution in [3.8, 4) is 0 Å². The lowest BCUT2D eigenvalue weighted by molar-refractivity contribution is 0.646. The molecule has 0 spiro atoms. The zero-order chi connectivity index (χ0) is 11.3. The van der Waals surface area contributed by atoms with Crippen LogP contribution in [0.25, 0.3) is 0 Å². The lowest BCUT2D eigenvalue weighted by atomic mass is 10.3. The maximum atomic E-state index is 5.86. The Morgan fingerprint density at radius 3 is 2.87 bits per heavy atom. The van der Waals surface area contributed by atoms with Gasteiger partial charge < -0.3 is 10.6 Å². The number of anilines is 1. The largest absolute Gasteiger partial charge is 0.360 e. The zero-order valence-electron chi connectivity index (χ0n) is 8.88. The Morgan fingerprint density at radius 2 is 2.27 bits per heavy atom. The summed E-state index contributed by atoms with van der Waals surface area (Å²) in [6, 6.07) is 7.86. The summed E-state index contributed by atoms with van der Waals surface area (Å²) in [5.41, 5.74) is 0.906. The quantitative estimate of drug-likeness (QED) is 0.795. The number of rotatable bonds is 3. The van der Waals surface area contributed by atoms with Gasteiger partial charge in [0.05, 0.1) is 0 Å². The summed E-state index contributed by atoms with van der Waals surface area (Å²) < 4.78 is 0. The van der Waals surface area contributed by atoms with Crippen LogP contribution < -0.4 is 10.6 Å². The SMILES string of the molecule is CC[C@H](C)NC(=S)Nc1cccc(Cl)c1. The minimum Gasteiger partial charge on any atom is -0.360 e. The molecule has 0 saturated carbocycles. The van der Waals surface area contributed by atoms with Crippen molar-refractivity contribution in [3.05, 3.63) is 29.3 Å². The fourth-order valence-corrected chi connectivity index (χ4v) is 1.57. The Kier molecular flexibility index (Phi) is 4.85. The van der Waals surface area contributed by atoms with E-state index in [1.54, 1.807) is 0 Å². The molecule has 0 aromatic heterocycles. The molecule has 0 aliphatic heterocycles. The molecule has 82 valence electrons. The van der Waals surface area contributed by atoms with E-state index in [0.29, 0.717) is 16.2 Å². The lowest BCUT2D eigenvalue weighted by Crippen LogP contribution is -2.35. The van der Waals surface area contributed by atoms with Crippen LogP contribution in [0.4, 0.5) is 5.69 Å². The van der Waals surface area contributed by atoms with Crippen molar-refractivity contribution in [3.63, 3.8) is 0 Å². The average molecular weight is 243 g/mol. The van der Waals surface area contributed by atoms with Gasteiger partial charge in [-0.05, 0) is 43.8 Å². The van der Waals surface area contributed by atoms with Crippen molar-refractivity contribution in [1.29, 1.82) is 0 Å². The van der Waals surface area contributed by atoms with Gasteiger partial charge in [0.1, 0.15) is 0 Å². The molecule has 1 atom stereocenters. The standard InChI is InChI=1S/C11H15ClN2S/c1-3-8(2)13-11(15)14-10-6-4-5-9(12)7-10/h4-8H,3H2,1-2H3,(H2,13,14,15)/t8-/m0/s1. The number of halogens is 1. The molecule has 1 rings (SSSR count). The molecule has 2 N–H and O–H groups in total. The zero-order valence-corrected chi connectivity index (χ0v) is 10.5. The average Bonchev–Trinajstić information content (AvgIpc) is 2.17. The fraction of sp³-hybridized carbons (Fsp3) is 0.364. The minimum absolute atomic E-state index is 0.379. The lowest BCUT2D eigenvalue weighted by Gasteiger charge is -2.15. The topological polar surface area (TPSA) is 24.1 Å². The van der Waals surface area contributed by atoms with Crippen LogP contribution in [-0.2, 0) is 0 Å². The molecule has 0 bridgehead atoms. The van der Waals surface area contributed by atoms with Crippen molar-refractivity contribution < 1.29 is 0 Å². The van der Waals surface area contributed by atoms with Gasteiger partial charge in [-0.3, -0.25) is 0 Å². The van der Waals surface area contributed by atoms with E-state index < -0.39 is 0 Å². The second kappa shape index (κ2) is 5.93. The van der Waals surface area contributed by atoms with Gasteiger partial charge in [0.15, 0.2) is 5.11 Å². The second-order valence-corrected chi connectivity index (χ2v) is 4.26. The van der Waals surface area contributed by atoms with Crippen LogP contribution in [0.1, 0.15) is 20.3 Å². The Balaban J connectivity index is 2.51. The summed E-state index contributed by atoms with van der Waals surface area (Å²) in [5, 5.41) is 7.59. The normalized spacial score (nSPS) is 11.9. The van der Waals surface area contributed by atoms with E-state index in [-0.39, 0.29) is 0 Å². The third-order valence-corrected chi connectivity index (χ3v) is 2.53. The molecule has 0 heterocycles. The van der Waals surface area contributed by atoms with Gasteiger partial charge in [-0.2, -0.15) is 0 Å². The van der Waals surface area contributed by atoms with E-state index in [4.69, 9.17) is 23.8 Å². The van der Waals surface area contributed by atoms with Gasteiger partial charge >= 0.3 is 0 Å². The highest BCUT2D eigenvalue weighted by Crippen LogP contribution is 2.14. The van der Waals surface area contributed by atoms with Crippen molar-refractivity contribution in [2.45, 2.75) is 26.3 Å². The highest BCUT2D eigenvalue weighted by atomic mass is 35.5. The smallest absolute Gasteiger partial charge is 0.170 e. The van der Waals surface area contributed by atoms with Crippen molar-refractivity contribution in [2.75, 3.05) is 5.32 Å². The summed E-state index contributed by atoms with van der Waals surface area (Å²) in [7, 11) is 0. The van der Waals surface area contributed by atoms with E-state index in [1.165, 1.54) is 0 Å². The van der Waals surface area contributed by atoms with Crippen LogP contribution >= 0.6 is 23.8 Å². The second-order valence-electron chi connectivity index (χ2n) is 3.42. The molecule has 2 nitrogen and oxygen atoms in total. The van der Waals surface area contributed by atoms with Gasteiger partial charge in [0.25, 0.3) is 0 Å². The van der Waals surface area contributed by atoms with Gasteiger partial charge in [-0.25, -0.2) is 0 Å². The Labute approximate surface area is 101 Å². The van der Waals surface area contributed by atoms with Crippen LogP contribution in [0.15, 0.2) is 24.3 Å². The van der Waals surface area contributed by atoms with Gasteiger partial charge in [0.2, 0.25) is 0 Å². The van der Waals surface area contributed by atoms with Crippen LogP contribution in [0, 0.1) is 0 Å². The molecule has 1 aromatic rings. The monoisotopic (exact) mass is 242 g/mol. The summed E-state index contributed by atoms with van der Waals surface area (Å²) in [6.07, 6.45) is 1.04. The molecule has 1 aromatic carbocycles. The molecule has 0 radical (unpaired) electrons. The third-order valence-electron chi connectivity index (χ3n) is 2.07. The molecule has 0 aliphatic rings. The molecule has 0 saturated heterocycles. The summed E-state index contributed by atoms with van der Waals surface area (Å²) in [6.45, 7) is 4.20. The molecule has 0 fully saturated rings. The number of nitrogens with one attached hydrogen (secondary N) is 2.